The molecule has 1 N–H and O–H groups in total. The van der Waals surface area contributed by atoms with Gasteiger partial charge in [-0.3, -0.25) is 0 Å². The summed E-state index contributed by atoms with van der Waals surface area (Å²) in [6.07, 6.45) is 5.54. The average Bonchev–Trinajstić information content (AvgIpc) is 2.88. The van der Waals surface area contributed by atoms with Crippen LogP contribution in [-0.2, 0) is 11.8 Å². The first-order valence-corrected chi connectivity index (χ1v) is 8.10. The molecule has 0 amide bonds. The highest BCUT2D eigenvalue weighted by molar-refractivity contribution is 5.62. The van der Waals surface area contributed by atoms with Crippen LogP contribution in [0, 0.1) is 5.92 Å². The number of hydrogen-bond donors (Lipinski definition) is 1. The number of hydrogen-bond acceptors (Lipinski definition) is 4. The second kappa shape index (κ2) is 4.06. The number of likely N-dealkylation sites (tertiary alicyclic amines) is 1. The Morgan fingerprint density at radius 2 is 2.23 bits per heavy atom. The minimum absolute atomic E-state index is 0.0806. The van der Waals surface area contributed by atoms with Crippen LogP contribution < -0.4 is 9.47 Å². The van der Waals surface area contributed by atoms with Crippen LogP contribution >= 0.6 is 0 Å². The number of aliphatic hydroxyl groups is 1. The van der Waals surface area contributed by atoms with E-state index >= 15 is 0 Å². The molecule has 4 nitrogen and oxygen atoms in total. The molecule has 1 aromatic carbocycles. The first-order valence-electron chi connectivity index (χ1n) is 8.10. The molecule has 1 aromatic rings. The van der Waals surface area contributed by atoms with Gasteiger partial charge in [-0.05, 0) is 38.1 Å². The Kier molecular flexibility index (Phi) is 2.39. The molecule has 5 atom stereocenters. The third kappa shape index (κ3) is 1.28. The van der Waals surface area contributed by atoms with E-state index in [1.807, 2.05) is 12.1 Å². The van der Waals surface area contributed by atoms with Crippen molar-refractivity contribution in [1.82, 2.24) is 4.90 Å². The molecule has 1 fully saturated rings. The average molecular weight is 299 g/mol. The van der Waals surface area contributed by atoms with Gasteiger partial charge in [-0.1, -0.05) is 18.2 Å². The van der Waals surface area contributed by atoms with Crippen molar-refractivity contribution in [3.63, 3.8) is 0 Å². The summed E-state index contributed by atoms with van der Waals surface area (Å²) in [6.45, 7) is 1.05. The summed E-state index contributed by atoms with van der Waals surface area (Å²) in [5.41, 5.74) is 2.60. The standard InChI is InChI=1S/C18H21NO3/c1-19-8-7-18-11-4-5-13(20)17(18)22-16-14(21-2)6-3-10(15(16)18)9-12(11)19/h3-6,11-13,17,20H,7-9H2,1-2H3/t11?,12-,13+,17?,18+/m1/s1. The molecule has 2 aliphatic heterocycles. The van der Waals surface area contributed by atoms with E-state index < -0.39 is 6.10 Å². The van der Waals surface area contributed by atoms with Crippen molar-refractivity contribution in [2.24, 2.45) is 5.92 Å². The van der Waals surface area contributed by atoms with Crippen LogP contribution in [0.3, 0.4) is 0 Å². The predicted molar refractivity (Wildman–Crippen MR) is 82.5 cm³/mol. The maximum atomic E-state index is 10.6. The maximum absolute atomic E-state index is 10.6. The lowest BCUT2D eigenvalue weighted by molar-refractivity contribution is -0.0453. The largest absolute Gasteiger partial charge is 0.493 e. The van der Waals surface area contributed by atoms with E-state index in [9.17, 15) is 5.11 Å². The van der Waals surface area contributed by atoms with Crippen molar-refractivity contribution >= 4 is 0 Å². The zero-order chi connectivity index (χ0) is 15.1. The zero-order valence-corrected chi connectivity index (χ0v) is 13.0. The Morgan fingerprint density at radius 3 is 3.05 bits per heavy atom. The van der Waals surface area contributed by atoms with Gasteiger partial charge in [-0.2, -0.15) is 0 Å². The van der Waals surface area contributed by atoms with Crippen LogP contribution in [0.15, 0.2) is 24.3 Å². The van der Waals surface area contributed by atoms with Crippen molar-refractivity contribution < 1.29 is 14.6 Å². The van der Waals surface area contributed by atoms with Crippen molar-refractivity contribution in [3.05, 3.63) is 35.4 Å². The van der Waals surface area contributed by atoms with Crippen LogP contribution in [-0.4, -0.2) is 49.0 Å². The van der Waals surface area contributed by atoms with Crippen molar-refractivity contribution in [2.75, 3.05) is 20.7 Å². The molecule has 2 heterocycles. The number of piperidine rings is 1. The van der Waals surface area contributed by atoms with Gasteiger partial charge in [0, 0.05) is 22.9 Å². The van der Waals surface area contributed by atoms with Crippen LogP contribution in [0.1, 0.15) is 17.5 Å². The molecule has 2 unspecified atom stereocenters. The highest BCUT2D eigenvalue weighted by Crippen LogP contribution is 2.62. The summed E-state index contributed by atoms with van der Waals surface area (Å²) in [6, 6.07) is 4.70. The molecule has 2 bridgehead atoms. The van der Waals surface area contributed by atoms with Gasteiger partial charge >= 0.3 is 0 Å². The first kappa shape index (κ1) is 13.0. The van der Waals surface area contributed by atoms with Gasteiger partial charge < -0.3 is 19.5 Å². The highest BCUT2D eigenvalue weighted by atomic mass is 16.5. The number of rotatable bonds is 1. The van der Waals surface area contributed by atoms with Crippen molar-refractivity contribution in [1.29, 1.82) is 0 Å². The number of likely N-dealkylation sites (N-methyl/N-ethyl adjacent to an activating group) is 1. The molecule has 4 aliphatic rings. The normalized spacial score (nSPS) is 41.0. The minimum Gasteiger partial charge on any atom is -0.493 e. The third-order valence-electron chi connectivity index (χ3n) is 6.35. The van der Waals surface area contributed by atoms with E-state index in [1.165, 1.54) is 11.1 Å². The van der Waals surface area contributed by atoms with Gasteiger partial charge in [0.2, 0.25) is 0 Å². The van der Waals surface area contributed by atoms with Gasteiger partial charge in [0.15, 0.2) is 11.5 Å². The van der Waals surface area contributed by atoms with Crippen LogP contribution in [0.25, 0.3) is 0 Å². The SMILES string of the molecule is COc1ccc2c3c1OC1[C@@H](O)C=CC4[C@@H](C2)N(C)CC[C@@]341. The fraction of sp³-hybridized carbons (Fsp3) is 0.556. The van der Waals surface area contributed by atoms with E-state index in [0.717, 1.165) is 30.9 Å². The third-order valence-corrected chi connectivity index (χ3v) is 6.35. The molecule has 2 aliphatic carbocycles. The first-order chi connectivity index (χ1) is 10.7. The Hall–Kier alpha value is -1.52. The minimum atomic E-state index is -0.539. The smallest absolute Gasteiger partial charge is 0.165 e. The van der Waals surface area contributed by atoms with E-state index in [4.69, 9.17) is 9.47 Å². The van der Waals surface area contributed by atoms with E-state index in [-0.39, 0.29) is 11.5 Å². The lowest BCUT2D eigenvalue weighted by Crippen LogP contribution is -2.64. The topological polar surface area (TPSA) is 41.9 Å². The van der Waals surface area contributed by atoms with Crippen LogP contribution in [0.2, 0.25) is 0 Å². The Balaban J connectivity index is 1.82. The molecular formula is C18H21NO3. The van der Waals surface area contributed by atoms with Crippen molar-refractivity contribution in [2.45, 2.75) is 36.5 Å². The highest BCUT2D eigenvalue weighted by Gasteiger charge is 2.64. The molecular weight excluding hydrogens is 278 g/mol. The number of nitrogens with zero attached hydrogens (tertiary/aromatic N) is 1. The summed E-state index contributed by atoms with van der Waals surface area (Å²) < 4.78 is 11.8. The maximum Gasteiger partial charge on any atom is 0.165 e. The number of methoxy groups -OCH3 is 1. The van der Waals surface area contributed by atoms with Gasteiger partial charge in [-0.25, -0.2) is 0 Å². The summed E-state index contributed by atoms with van der Waals surface area (Å²) in [4.78, 5) is 2.47. The fourth-order valence-corrected chi connectivity index (χ4v) is 5.39. The Labute approximate surface area is 130 Å². The summed E-state index contributed by atoms with van der Waals surface area (Å²) >= 11 is 0. The second-order valence-electron chi connectivity index (χ2n) is 7.11. The molecule has 116 valence electrons. The van der Waals surface area contributed by atoms with E-state index in [1.54, 1.807) is 7.11 Å². The van der Waals surface area contributed by atoms with E-state index in [2.05, 4.69) is 24.1 Å². The van der Waals surface area contributed by atoms with Crippen LogP contribution in [0.5, 0.6) is 11.5 Å². The number of aliphatic hydroxyl groups excluding tert-OH is 1. The molecule has 1 saturated heterocycles. The number of benzene rings is 1. The van der Waals surface area contributed by atoms with Gasteiger partial charge in [0.25, 0.3) is 0 Å². The van der Waals surface area contributed by atoms with Crippen molar-refractivity contribution in [3.8, 4) is 11.5 Å². The number of ether oxygens (including phenoxy) is 2. The Bertz CT molecular complexity index is 685. The monoisotopic (exact) mass is 299 g/mol. The van der Waals surface area contributed by atoms with Gasteiger partial charge in [-0.15, -0.1) is 0 Å². The molecule has 0 aromatic heterocycles. The molecule has 4 heteroatoms. The molecule has 1 spiro atoms. The lowest BCUT2D eigenvalue weighted by atomic mass is 9.53. The summed E-state index contributed by atoms with van der Waals surface area (Å²) in [7, 11) is 3.91. The zero-order valence-electron chi connectivity index (χ0n) is 13.0. The van der Waals surface area contributed by atoms with Gasteiger partial charge in [0.1, 0.15) is 12.2 Å². The van der Waals surface area contributed by atoms with Crippen LogP contribution in [0.4, 0.5) is 0 Å². The second-order valence-corrected chi connectivity index (χ2v) is 7.11. The summed E-state index contributed by atoms with van der Waals surface area (Å²) in [5.74, 6) is 2.09. The molecule has 22 heavy (non-hydrogen) atoms. The lowest BCUT2D eigenvalue weighted by Gasteiger charge is -2.56. The summed E-state index contributed by atoms with van der Waals surface area (Å²) in [5, 5.41) is 10.6. The fourth-order valence-electron chi connectivity index (χ4n) is 5.39. The predicted octanol–water partition coefficient (Wildman–Crippen LogP) is 1.50. The quantitative estimate of drug-likeness (QED) is 0.798. The Morgan fingerprint density at radius 1 is 1.36 bits per heavy atom. The van der Waals surface area contributed by atoms with E-state index in [0.29, 0.717) is 12.0 Å². The molecule has 0 saturated carbocycles. The molecule has 5 rings (SSSR count). The van der Waals surface area contributed by atoms with Gasteiger partial charge in [0.05, 0.1) is 7.11 Å². The molecule has 0 radical (unpaired) electrons.